The lowest BCUT2D eigenvalue weighted by Crippen LogP contribution is -2.01. The Morgan fingerprint density at radius 1 is 1.54 bits per heavy atom. The maximum atomic E-state index is 5.39. The summed E-state index contributed by atoms with van der Waals surface area (Å²) in [6.45, 7) is 0.838. The minimum atomic E-state index is 0.339. The Balaban J connectivity index is 1.93. The summed E-state index contributed by atoms with van der Waals surface area (Å²) >= 11 is 1.76. The van der Waals surface area contributed by atoms with E-state index < -0.39 is 0 Å². The van der Waals surface area contributed by atoms with Gasteiger partial charge in [0.05, 0.1) is 0 Å². The molecular formula is C8H10N4S. The van der Waals surface area contributed by atoms with Crippen LogP contribution in [-0.2, 0) is 13.0 Å². The van der Waals surface area contributed by atoms with Crippen molar-refractivity contribution in [3.63, 3.8) is 0 Å². The van der Waals surface area contributed by atoms with Crippen molar-refractivity contribution in [2.45, 2.75) is 13.0 Å². The van der Waals surface area contributed by atoms with Crippen molar-refractivity contribution in [2.24, 2.45) is 0 Å². The van der Waals surface area contributed by atoms with Crippen LogP contribution in [0.15, 0.2) is 23.8 Å². The van der Waals surface area contributed by atoms with Crippen LogP contribution in [0.1, 0.15) is 4.88 Å². The molecule has 5 heteroatoms. The van der Waals surface area contributed by atoms with Gasteiger partial charge in [0.15, 0.2) is 0 Å². The molecule has 0 saturated carbocycles. The Morgan fingerprint density at radius 3 is 3.08 bits per heavy atom. The molecule has 2 aromatic rings. The van der Waals surface area contributed by atoms with Gasteiger partial charge in [0.25, 0.3) is 0 Å². The molecule has 2 N–H and O–H groups in total. The molecule has 2 rings (SSSR count). The van der Waals surface area contributed by atoms with Gasteiger partial charge in [-0.1, -0.05) is 6.07 Å². The standard InChI is InChI=1S/C8H10N4S/c9-8-10-6-12(11-8)4-3-7-2-1-5-13-7/h1-2,5-6H,3-4H2,(H2,9,11). The second kappa shape index (κ2) is 3.57. The number of hydrogen-bond donors (Lipinski definition) is 1. The third-order valence-electron chi connectivity index (χ3n) is 1.72. The molecule has 13 heavy (non-hydrogen) atoms. The van der Waals surface area contributed by atoms with Crippen LogP contribution in [0.3, 0.4) is 0 Å². The molecule has 0 aliphatic carbocycles. The Bertz CT molecular complexity index is 365. The van der Waals surface area contributed by atoms with Crippen LogP contribution in [0, 0.1) is 0 Å². The average molecular weight is 194 g/mol. The van der Waals surface area contributed by atoms with Gasteiger partial charge in [-0.3, -0.25) is 4.68 Å². The summed E-state index contributed by atoms with van der Waals surface area (Å²) in [5, 5.41) is 6.07. The molecule has 0 bridgehead atoms. The summed E-state index contributed by atoms with van der Waals surface area (Å²) in [6, 6.07) is 4.17. The fraction of sp³-hybridized carbons (Fsp3) is 0.250. The smallest absolute Gasteiger partial charge is 0.239 e. The quantitative estimate of drug-likeness (QED) is 0.797. The van der Waals surface area contributed by atoms with Crippen molar-refractivity contribution in [1.82, 2.24) is 14.8 Å². The maximum Gasteiger partial charge on any atom is 0.239 e. The van der Waals surface area contributed by atoms with E-state index in [1.165, 1.54) is 4.88 Å². The summed E-state index contributed by atoms with van der Waals surface area (Å²) in [4.78, 5) is 5.21. The van der Waals surface area contributed by atoms with Crippen molar-refractivity contribution in [1.29, 1.82) is 0 Å². The molecule has 0 atom stereocenters. The van der Waals surface area contributed by atoms with E-state index in [1.807, 2.05) is 0 Å². The lowest BCUT2D eigenvalue weighted by molar-refractivity contribution is 0.619. The molecule has 0 aromatic carbocycles. The zero-order valence-electron chi connectivity index (χ0n) is 7.05. The summed E-state index contributed by atoms with van der Waals surface area (Å²) in [5.41, 5.74) is 5.39. The van der Waals surface area contributed by atoms with Gasteiger partial charge < -0.3 is 5.73 Å². The second-order valence-electron chi connectivity index (χ2n) is 2.70. The number of anilines is 1. The van der Waals surface area contributed by atoms with Gasteiger partial charge >= 0.3 is 0 Å². The van der Waals surface area contributed by atoms with E-state index in [2.05, 4.69) is 27.6 Å². The van der Waals surface area contributed by atoms with Crippen LogP contribution in [0.2, 0.25) is 0 Å². The highest BCUT2D eigenvalue weighted by molar-refractivity contribution is 7.09. The topological polar surface area (TPSA) is 56.7 Å². The van der Waals surface area contributed by atoms with E-state index in [1.54, 1.807) is 22.3 Å². The third kappa shape index (κ3) is 2.06. The van der Waals surface area contributed by atoms with Gasteiger partial charge in [0.1, 0.15) is 6.33 Å². The number of aryl methyl sites for hydroxylation is 2. The Hall–Kier alpha value is -1.36. The number of nitrogens with two attached hydrogens (primary N) is 1. The number of hydrogen-bond acceptors (Lipinski definition) is 4. The van der Waals surface area contributed by atoms with Crippen molar-refractivity contribution in [3.8, 4) is 0 Å². The number of nitrogen functional groups attached to an aromatic ring is 1. The van der Waals surface area contributed by atoms with E-state index in [0.29, 0.717) is 5.95 Å². The average Bonchev–Trinajstić information content (AvgIpc) is 2.71. The number of thiophene rings is 1. The van der Waals surface area contributed by atoms with Gasteiger partial charge in [-0.05, 0) is 11.4 Å². The third-order valence-corrected chi connectivity index (χ3v) is 2.66. The van der Waals surface area contributed by atoms with Crippen LogP contribution < -0.4 is 5.73 Å². The zero-order chi connectivity index (χ0) is 9.10. The first-order valence-corrected chi connectivity index (χ1v) is 4.90. The SMILES string of the molecule is Nc1ncn(CCc2cccs2)n1. The molecule has 0 unspecified atom stereocenters. The number of aromatic nitrogens is 3. The highest BCUT2D eigenvalue weighted by Crippen LogP contribution is 2.09. The Morgan fingerprint density at radius 2 is 2.46 bits per heavy atom. The van der Waals surface area contributed by atoms with Crippen LogP contribution >= 0.6 is 11.3 Å². The van der Waals surface area contributed by atoms with E-state index in [9.17, 15) is 0 Å². The fourth-order valence-corrected chi connectivity index (χ4v) is 1.79. The number of nitrogens with zero attached hydrogens (tertiary/aromatic N) is 3. The van der Waals surface area contributed by atoms with Crippen LogP contribution in [0.25, 0.3) is 0 Å². The minimum Gasteiger partial charge on any atom is -0.367 e. The first kappa shape index (κ1) is 8.25. The monoisotopic (exact) mass is 194 g/mol. The molecule has 2 heterocycles. The van der Waals surface area contributed by atoms with Crippen molar-refractivity contribution >= 4 is 17.3 Å². The molecule has 4 nitrogen and oxygen atoms in total. The normalized spacial score (nSPS) is 10.5. The molecule has 0 radical (unpaired) electrons. The molecular weight excluding hydrogens is 184 g/mol. The molecule has 0 fully saturated rings. The Labute approximate surface area is 80.0 Å². The van der Waals surface area contributed by atoms with Crippen molar-refractivity contribution in [2.75, 3.05) is 5.73 Å². The lowest BCUT2D eigenvalue weighted by Gasteiger charge is -1.96. The van der Waals surface area contributed by atoms with Crippen LogP contribution in [0.4, 0.5) is 5.95 Å². The predicted octanol–water partition coefficient (Wildman–Crippen LogP) is 1.16. The predicted molar refractivity (Wildman–Crippen MR) is 52.5 cm³/mol. The summed E-state index contributed by atoms with van der Waals surface area (Å²) in [7, 11) is 0. The number of rotatable bonds is 3. The molecule has 0 spiro atoms. The van der Waals surface area contributed by atoms with E-state index in [0.717, 1.165) is 13.0 Å². The van der Waals surface area contributed by atoms with Crippen LogP contribution in [0.5, 0.6) is 0 Å². The molecule has 0 amide bonds. The zero-order valence-corrected chi connectivity index (χ0v) is 7.87. The lowest BCUT2D eigenvalue weighted by atomic mass is 10.3. The first-order chi connectivity index (χ1) is 6.34. The van der Waals surface area contributed by atoms with E-state index in [-0.39, 0.29) is 0 Å². The van der Waals surface area contributed by atoms with Crippen molar-refractivity contribution < 1.29 is 0 Å². The van der Waals surface area contributed by atoms with Gasteiger partial charge in [0.2, 0.25) is 5.95 Å². The maximum absolute atomic E-state index is 5.39. The second-order valence-corrected chi connectivity index (χ2v) is 3.73. The summed E-state index contributed by atoms with van der Waals surface area (Å²) < 4.78 is 1.76. The van der Waals surface area contributed by atoms with Gasteiger partial charge in [-0.25, -0.2) is 4.98 Å². The van der Waals surface area contributed by atoms with Crippen LogP contribution in [-0.4, -0.2) is 14.8 Å². The molecule has 0 aliphatic rings. The van der Waals surface area contributed by atoms with Crippen molar-refractivity contribution in [3.05, 3.63) is 28.7 Å². The summed E-state index contributed by atoms with van der Waals surface area (Å²) in [6.07, 6.45) is 2.64. The molecule has 0 saturated heterocycles. The van der Waals surface area contributed by atoms with Gasteiger partial charge in [-0.15, -0.1) is 16.4 Å². The van der Waals surface area contributed by atoms with E-state index in [4.69, 9.17) is 5.73 Å². The minimum absolute atomic E-state index is 0.339. The highest BCUT2D eigenvalue weighted by Gasteiger charge is 1.97. The molecule has 0 aliphatic heterocycles. The Kier molecular flexibility index (Phi) is 2.27. The first-order valence-electron chi connectivity index (χ1n) is 4.02. The molecule has 2 aromatic heterocycles. The summed E-state index contributed by atoms with van der Waals surface area (Å²) in [5.74, 6) is 0.339. The largest absolute Gasteiger partial charge is 0.367 e. The highest BCUT2D eigenvalue weighted by atomic mass is 32.1. The van der Waals surface area contributed by atoms with Gasteiger partial charge in [-0.2, -0.15) is 0 Å². The van der Waals surface area contributed by atoms with Gasteiger partial charge in [0, 0.05) is 17.8 Å². The fourth-order valence-electron chi connectivity index (χ4n) is 1.10. The van der Waals surface area contributed by atoms with E-state index >= 15 is 0 Å². The molecule has 68 valence electrons.